The SMILES string of the molecule is CNC(C)(C)C(NC(=O)c1c(C)cc(C(F)(F)F)cc1C(F)(F)F)c1ccccc1. The second kappa shape index (κ2) is 8.29. The Kier molecular flexibility index (Phi) is 6.56. The van der Waals surface area contributed by atoms with Crippen LogP contribution < -0.4 is 10.6 Å². The molecule has 2 rings (SSSR count). The Morgan fingerprint density at radius 3 is 1.97 bits per heavy atom. The van der Waals surface area contributed by atoms with Gasteiger partial charge in [-0.1, -0.05) is 30.3 Å². The normalized spacial score (nSPS) is 13.8. The minimum Gasteiger partial charge on any atom is -0.343 e. The number of carbonyl (C=O) groups excluding carboxylic acids is 1. The Morgan fingerprint density at radius 1 is 0.933 bits per heavy atom. The van der Waals surface area contributed by atoms with Gasteiger partial charge >= 0.3 is 12.4 Å². The quantitative estimate of drug-likeness (QED) is 0.613. The van der Waals surface area contributed by atoms with Gasteiger partial charge in [-0.15, -0.1) is 0 Å². The van der Waals surface area contributed by atoms with E-state index in [-0.39, 0.29) is 6.07 Å². The van der Waals surface area contributed by atoms with Gasteiger partial charge in [0.1, 0.15) is 0 Å². The largest absolute Gasteiger partial charge is 0.417 e. The van der Waals surface area contributed by atoms with Crippen LogP contribution in [0.4, 0.5) is 26.3 Å². The van der Waals surface area contributed by atoms with E-state index in [2.05, 4.69) is 10.6 Å². The van der Waals surface area contributed by atoms with E-state index in [0.717, 1.165) is 6.92 Å². The molecule has 0 fully saturated rings. The number of aryl methyl sites for hydroxylation is 1. The summed E-state index contributed by atoms with van der Waals surface area (Å²) in [7, 11) is 1.63. The van der Waals surface area contributed by atoms with E-state index in [4.69, 9.17) is 0 Å². The molecule has 3 nitrogen and oxygen atoms in total. The van der Waals surface area contributed by atoms with Crippen LogP contribution in [0.2, 0.25) is 0 Å². The molecule has 0 spiro atoms. The smallest absolute Gasteiger partial charge is 0.343 e. The third-order valence-corrected chi connectivity index (χ3v) is 4.97. The highest BCUT2D eigenvalue weighted by Gasteiger charge is 2.41. The number of amides is 1. The van der Waals surface area contributed by atoms with Gasteiger partial charge in [0.2, 0.25) is 0 Å². The molecule has 1 atom stereocenters. The van der Waals surface area contributed by atoms with E-state index < -0.39 is 52.1 Å². The molecule has 0 aliphatic heterocycles. The predicted molar refractivity (Wildman–Crippen MR) is 101 cm³/mol. The maximum absolute atomic E-state index is 13.6. The van der Waals surface area contributed by atoms with Crippen molar-refractivity contribution in [3.63, 3.8) is 0 Å². The molecule has 0 saturated heterocycles. The summed E-state index contributed by atoms with van der Waals surface area (Å²) >= 11 is 0. The summed E-state index contributed by atoms with van der Waals surface area (Å²) in [5.41, 5.74) is -4.47. The number of benzene rings is 2. The predicted octanol–water partition coefficient (Wildman–Crippen LogP) is 5.50. The van der Waals surface area contributed by atoms with Crippen LogP contribution in [0.5, 0.6) is 0 Å². The monoisotopic (exact) mass is 432 g/mol. The van der Waals surface area contributed by atoms with Crippen LogP contribution in [0.3, 0.4) is 0 Å². The van der Waals surface area contributed by atoms with Gasteiger partial charge in [-0.25, -0.2) is 0 Å². The van der Waals surface area contributed by atoms with Gasteiger partial charge < -0.3 is 10.6 Å². The summed E-state index contributed by atoms with van der Waals surface area (Å²) in [5, 5.41) is 5.57. The van der Waals surface area contributed by atoms with Crippen molar-refractivity contribution in [3.05, 3.63) is 70.3 Å². The van der Waals surface area contributed by atoms with Crippen LogP contribution in [0.25, 0.3) is 0 Å². The average Bonchev–Trinajstić information content (AvgIpc) is 2.64. The molecule has 0 saturated carbocycles. The molecule has 0 aliphatic rings. The number of halogens is 6. The van der Waals surface area contributed by atoms with Gasteiger partial charge in [0, 0.05) is 5.54 Å². The first-order chi connectivity index (χ1) is 13.7. The molecule has 0 aromatic heterocycles. The Morgan fingerprint density at radius 2 is 1.50 bits per heavy atom. The molecular formula is C21H22F6N2O. The number of hydrogen-bond donors (Lipinski definition) is 2. The lowest BCUT2D eigenvalue weighted by Gasteiger charge is -2.35. The summed E-state index contributed by atoms with van der Waals surface area (Å²) in [6.07, 6.45) is -10.1. The summed E-state index contributed by atoms with van der Waals surface area (Å²) in [6.45, 7) is 4.55. The van der Waals surface area contributed by atoms with Crippen LogP contribution in [0.1, 0.15) is 52.5 Å². The highest BCUT2D eigenvalue weighted by Crippen LogP contribution is 2.39. The molecule has 30 heavy (non-hydrogen) atoms. The third-order valence-electron chi connectivity index (χ3n) is 4.97. The van der Waals surface area contributed by atoms with Gasteiger partial charge in [0.05, 0.1) is 22.7 Å². The van der Waals surface area contributed by atoms with E-state index in [1.165, 1.54) is 0 Å². The zero-order valence-electron chi connectivity index (χ0n) is 16.8. The van der Waals surface area contributed by atoms with Crippen LogP contribution in [-0.2, 0) is 12.4 Å². The van der Waals surface area contributed by atoms with Crippen molar-refractivity contribution >= 4 is 5.91 Å². The third kappa shape index (κ3) is 5.13. The zero-order valence-corrected chi connectivity index (χ0v) is 16.8. The molecule has 0 heterocycles. The molecule has 0 radical (unpaired) electrons. The molecule has 164 valence electrons. The van der Waals surface area contributed by atoms with Gasteiger partial charge in [0.25, 0.3) is 5.91 Å². The molecule has 2 aromatic carbocycles. The van der Waals surface area contributed by atoms with E-state index in [1.807, 2.05) is 0 Å². The lowest BCUT2D eigenvalue weighted by atomic mass is 9.88. The second-order valence-electron chi connectivity index (χ2n) is 7.50. The van der Waals surface area contributed by atoms with E-state index in [1.54, 1.807) is 51.2 Å². The zero-order chi connectivity index (χ0) is 22.9. The maximum atomic E-state index is 13.6. The maximum Gasteiger partial charge on any atom is 0.417 e. The second-order valence-corrected chi connectivity index (χ2v) is 7.50. The van der Waals surface area contributed by atoms with Crippen LogP contribution in [-0.4, -0.2) is 18.5 Å². The van der Waals surface area contributed by atoms with Gasteiger partial charge in [-0.3, -0.25) is 4.79 Å². The summed E-state index contributed by atoms with van der Waals surface area (Å²) in [6, 6.07) is 8.35. The van der Waals surface area contributed by atoms with E-state index >= 15 is 0 Å². The van der Waals surface area contributed by atoms with Crippen molar-refractivity contribution in [2.45, 2.75) is 44.7 Å². The number of carbonyl (C=O) groups is 1. The molecule has 1 amide bonds. The fourth-order valence-electron chi connectivity index (χ4n) is 3.15. The van der Waals surface area contributed by atoms with Crippen LogP contribution in [0.15, 0.2) is 42.5 Å². The lowest BCUT2D eigenvalue weighted by Crippen LogP contribution is -2.50. The number of alkyl halides is 6. The van der Waals surface area contributed by atoms with Crippen LogP contribution in [0, 0.1) is 6.92 Å². The van der Waals surface area contributed by atoms with E-state index in [9.17, 15) is 31.1 Å². The first-order valence-corrected chi connectivity index (χ1v) is 9.02. The lowest BCUT2D eigenvalue weighted by molar-refractivity contribution is -0.143. The molecule has 2 N–H and O–H groups in total. The van der Waals surface area contributed by atoms with Crippen molar-refractivity contribution < 1.29 is 31.1 Å². The van der Waals surface area contributed by atoms with Gasteiger partial charge in [0.15, 0.2) is 0 Å². The van der Waals surface area contributed by atoms with E-state index in [0.29, 0.717) is 11.6 Å². The average molecular weight is 432 g/mol. The minimum atomic E-state index is -5.14. The Labute approximate surface area is 170 Å². The molecule has 1 unspecified atom stereocenters. The topological polar surface area (TPSA) is 41.1 Å². The molecular weight excluding hydrogens is 410 g/mol. The van der Waals surface area contributed by atoms with Crippen molar-refractivity contribution in [1.82, 2.24) is 10.6 Å². The summed E-state index contributed by atoms with van der Waals surface area (Å²) in [4.78, 5) is 12.9. The Hall–Kier alpha value is -2.55. The standard InChI is InChI=1S/C21H22F6N2O/c1-12-10-14(20(22,23)24)11-15(21(25,26)27)16(12)18(30)29-17(19(2,3)28-4)13-8-6-5-7-9-13/h5-11,17,28H,1-4H3,(H,29,30). The molecule has 9 heteroatoms. The first kappa shape index (κ1) is 23.7. The Balaban J connectivity index is 2.58. The van der Waals surface area contributed by atoms with Gasteiger partial charge in [-0.2, -0.15) is 26.3 Å². The van der Waals surface area contributed by atoms with Crippen LogP contribution >= 0.6 is 0 Å². The van der Waals surface area contributed by atoms with Gasteiger partial charge in [-0.05, 0) is 51.1 Å². The number of rotatable bonds is 5. The highest BCUT2D eigenvalue weighted by molar-refractivity contribution is 5.97. The Bertz CT molecular complexity index is 904. The number of likely N-dealkylation sites (N-methyl/N-ethyl adjacent to an activating group) is 1. The fraction of sp³-hybridized carbons (Fsp3) is 0.381. The first-order valence-electron chi connectivity index (χ1n) is 9.02. The molecule has 0 aliphatic carbocycles. The highest BCUT2D eigenvalue weighted by atomic mass is 19.4. The number of hydrogen-bond acceptors (Lipinski definition) is 2. The van der Waals surface area contributed by atoms with Crippen molar-refractivity contribution in [2.75, 3.05) is 7.05 Å². The van der Waals surface area contributed by atoms with Crippen molar-refractivity contribution in [3.8, 4) is 0 Å². The van der Waals surface area contributed by atoms with Crippen molar-refractivity contribution in [2.24, 2.45) is 0 Å². The summed E-state index contributed by atoms with van der Waals surface area (Å²) < 4.78 is 79.8. The molecule has 0 bridgehead atoms. The fourth-order valence-corrected chi connectivity index (χ4v) is 3.15. The summed E-state index contributed by atoms with van der Waals surface area (Å²) in [5.74, 6) is -1.11. The molecule has 2 aromatic rings. The minimum absolute atomic E-state index is 0.0251. The van der Waals surface area contributed by atoms with Crippen molar-refractivity contribution in [1.29, 1.82) is 0 Å². The number of nitrogens with one attached hydrogen (secondary N) is 2.